The minimum absolute atomic E-state index is 0.188. The Labute approximate surface area is 275 Å². The standard InChI is InChI=1S/C35H60O11/c1-15-16-17-21(20(2)18-23(36)37)24-26(45-30(40)34(9,10)11)27(46-31(41)35(12,13)14)25(44-29(39)33(6,7)8)22(43-24)19-42-28(38)32(3,4)5/h20-22,24-27H,15-19H2,1-14H3,(H,36,37)/t20-,21-,22+,24-,25+,26-,27-/m0/s1. The first kappa shape index (κ1) is 41.3. The number of ether oxygens (including phenoxy) is 5. The Morgan fingerprint density at radius 2 is 1.09 bits per heavy atom. The number of unbranched alkanes of at least 4 members (excludes halogenated alkanes) is 1. The Hall–Kier alpha value is -2.69. The predicted molar refractivity (Wildman–Crippen MR) is 172 cm³/mol. The topological polar surface area (TPSA) is 152 Å². The number of carbonyl (C=O) groups is 5. The van der Waals surface area contributed by atoms with Crippen molar-refractivity contribution in [1.29, 1.82) is 0 Å². The highest BCUT2D eigenvalue weighted by molar-refractivity contribution is 5.78. The van der Waals surface area contributed by atoms with Crippen molar-refractivity contribution < 1.29 is 52.8 Å². The second-order valence-electron chi connectivity index (χ2n) is 16.7. The number of rotatable bonds is 12. The van der Waals surface area contributed by atoms with E-state index in [9.17, 15) is 29.1 Å². The van der Waals surface area contributed by atoms with Crippen LogP contribution in [0.3, 0.4) is 0 Å². The number of hydrogen-bond donors (Lipinski definition) is 1. The zero-order chi connectivity index (χ0) is 36.0. The van der Waals surface area contributed by atoms with Crippen molar-refractivity contribution in [2.24, 2.45) is 33.5 Å². The van der Waals surface area contributed by atoms with E-state index >= 15 is 0 Å². The summed E-state index contributed by atoms with van der Waals surface area (Å²) in [6.45, 7) is 23.6. The SMILES string of the molecule is CCCC[C@H]([C@@H]1O[C@H](COC(=O)C(C)(C)C)[C@@H](OC(=O)C(C)(C)C)[C@H](OC(=O)C(C)(C)C)[C@H]1OC(=O)C(C)(C)C)[C@@H](C)CC(=O)O. The fourth-order valence-corrected chi connectivity index (χ4v) is 4.75. The summed E-state index contributed by atoms with van der Waals surface area (Å²) in [6, 6.07) is 0. The van der Waals surface area contributed by atoms with Gasteiger partial charge in [0.2, 0.25) is 0 Å². The molecule has 0 radical (unpaired) electrons. The lowest BCUT2D eigenvalue weighted by atomic mass is 9.77. The number of carbonyl (C=O) groups excluding carboxylic acids is 4. The molecule has 1 N–H and O–H groups in total. The van der Waals surface area contributed by atoms with E-state index in [0.29, 0.717) is 12.8 Å². The zero-order valence-corrected chi connectivity index (χ0v) is 30.6. The van der Waals surface area contributed by atoms with Crippen LogP contribution in [-0.2, 0) is 47.7 Å². The number of hydrogen-bond acceptors (Lipinski definition) is 10. The summed E-state index contributed by atoms with van der Waals surface area (Å²) in [5.74, 6) is -4.34. The first-order valence-electron chi connectivity index (χ1n) is 16.4. The van der Waals surface area contributed by atoms with Crippen molar-refractivity contribution in [3.8, 4) is 0 Å². The molecule has 0 bridgehead atoms. The van der Waals surface area contributed by atoms with Crippen LogP contribution in [0.15, 0.2) is 0 Å². The van der Waals surface area contributed by atoms with Gasteiger partial charge in [-0.2, -0.15) is 0 Å². The summed E-state index contributed by atoms with van der Waals surface area (Å²) in [4.78, 5) is 65.2. The maximum atomic E-state index is 13.5. The minimum atomic E-state index is -1.36. The smallest absolute Gasteiger partial charge is 0.311 e. The van der Waals surface area contributed by atoms with Crippen molar-refractivity contribution in [2.75, 3.05) is 6.61 Å². The second-order valence-corrected chi connectivity index (χ2v) is 16.7. The van der Waals surface area contributed by atoms with Crippen LogP contribution in [0.2, 0.25) is 0 Å². The van der Waals surface area contributed by atoms with Crippen LogP contribution in [0.5, 0.6) is 0 Å². The van der Waals surface area contributed by atoms with Crippen LogP contribution >= 0.6 is 0 Å². The predicted octanol–water partition coefficient (Wildman–Crippen LogP) is 6.13. The van der Waals surface area contributed by atoms with Gasteiger partial charge in [-0.05, 0) is 101 Å². The van der Waals surface area contributed by atoms with Gasteiger partial charge in [-0.25, -0.2) is 0 Å². The number of carboxylic acids is 1. The van der Waals surface area contributed by atoms with E-state index in [1.807, 2.05) is 6.92 Å². The van der Waals surface area contributed by atoms with Crippen molar-refractivity contribution in [1.82, 2.24) is 0 Å². The van der Waals surface area contributed by atoms with Gasteiger partial charge >= 0.3 is 29.8 Å². The average Bonchev–Trinajstić information content (AvgIpc) is 2.87. The maximum Gasteiger partial charge on any atom is 0.311 e. The lowest BCUT2D eigenvalue weighted by molar-refractivity contribution is -0.270. The molecule has 11 heteroatoms. The number of esters is 4. The van der Waals surface area contributed by atoms with Crippen molar-refractivity contribution in [3.05, 3.63) is 0 Å². The highest BCUT2D eigenvalue weighted by atomic mass is 16.7. The highest BCUT2D eigenvalue weighted by Gasteiger charge is 2.56. The molecule has 1 saturated heterocycles. The van der Waals surface area contributed by atoms with Gasteiger partial charge < -0.3 is 28.8 Å². The van der Waals surface area contributed by atoms with E-state index in [-0.39, 0.29) is 13.0 Å². The molecular weight excluding hydrogens is 596 g/mol. The average molecular weight is 657 g/mol. The van der Waals surface area contributed by atoms with Crippen LogP contribution in [0, 0.1) is 33.5 Å². The molecule has 0 aromatic rings. The molecule has 0 aliphatic carbocycles. The molecule has 7 atom stereocenters. The monoisotopic (exact) mass is 656 g/mol. The van der Waals surface area contributed by atoms with E-state index in [0.717, 1.165) is 6.42 Å². The Morgan fingerprint density at radius 3 is 1.48 bits per heavy atom. The van der Waals surface area contributed by atoms with Gasteiger partial charge in [-0.3, -0.25) is 24.0 Å². The summed E-state index contributed by atoms with van der Waals surface area (Å²) < 4.78 is 30.6. The molecule has 1 aliphatic heterocycles. The summed E-state index contributed by atoms with van der Waals surface area (Å²) in [5, 5.41) is 9.72. The van der Waals surface area contributed by atoms with E-state index in [1.54, 1.807) is 90.0 Å². The summed E-state index contributed by atoms with van der Waals surface area (Å²) in [7, 11) is 0. The van der Waals surface area contributed by atoms with E-state index in [2.05, 4.69) is 0 Å². The van der Waals surface area contributed by atoms with Gasteiger partial charge in [0.1, 0.15) is 18.8 Å². The van der Waals surface area contributed by atoms with Crippen LogP contribution in [-0.4, -0.2) is 72.1 Å². The first-order chi connectivity index (χ1) is 20.7. The molecule has 0 unspecified atom stereocenters. The molecule has 0 aromatic heterocycles. The molecule has 1 heterocycles. The summed E-state index contributed by atoms with van der Waals surface area (Å²) in [5.41, 5.74) is -3.78. The number of carboxylic acid groups (broad SMARTS) is 1. The molecule has 0 saturated carbocycles. The first-order valence-corrected chi connectivity index (χ1v) is 16.4. The summed E-state index contributed by atoms with van der Waals surface area (Å²) >= 11 is 0. The third-order valence-corrected chi connectivity index (χ3v) is 7.77. The largest absolute Gasteiger partial charge is 0.481 e. The molecule has 46 heavy (non-hydrogen) atoms. The fraction of sp³-hybridized carbons (Fsp3) is 0.857. The zero-order valence-electron chi connectivity index (χ0n) is 30.6. The van der Waals surface area contributed by atoms with Crippen molar-refractivity contribution >= 4 is 29.8 Å². The highest BCUT2D eigenvalue weighted by Crippen LogP contribution is 2.40. The molecule has 266 valence electrons. The molecule has 0 aromatic carbocycles. The summed E-state index contributed by atoms with van der Waals surface area (Å²) in [6.07, 6.45) is -4.25. The van der Waals surface area contributed by atoms with Gasteiger partial charge in [0, 0.05) is 6.42 Å². The van der Waals surface area contributed by atoms with Crippen LogP contribution in [0.4, 0.5) is 0 Å². The molecule has 0 amide bonds. The molecular formula is C35H60O11. The Bertz CT molecular complexity index is 1070. The van der Waals surface area contributed by atoms with Crippen molar-refractivity contribution in [3.63, 3.8) is 0 Å². The Morgan fingerprint density at radius 1 is 0.674 bits per heavy atom. The molecule has 0 spiro atoms. The lowest BCUT2D eigenvalue weighted by Crippen LogP contribution is -2.65. The maximum absolute atomic E-state index is 13.5. The quantitative estimate of drug-likeness (QED) is 0.191. The van der Waals surface area contributed by atoms with Crippen LogP contribution in [0.25, 0.3) is 0 Å². The number of aliphatic carboxylic acids is 1. The van der Waals surface area contributed by atoms with Gasteiger partial charge in [0.15, 0.2) is 18.3 Å². The van der Waals surface area contributed by atoms with Gasteiger partial charge in [-0.1, -0.05) is 26.7 Å². The third-order valence-electron chi connectivity index (χ3n) is 7.77. The molecule has 1 aliphatic rings. The van der Waals surface area contributed by atoms with Crippen LogP contribution in [0.1, 0.15) is 123 Å². The van der Waals surface area contributed by atoms with E-state index < -0.39 is 93.9 Å². The molecule has 11 nitrogen and oxygen atoms in total. The third kappa shape index (κ3) is 12.2. The van der Waals surface area contributed by atoms with Gasteiger partial charge in [-0.15, -0.1) is 0 Å². The molecule has 1 rings (SSSR count). The van der Waals surface area contributed by atoms with Gasteiger partial charge in [0.05, 0.1) is 21.7 Å². The van der Waals surface area contributed by atoms with Crippen molar-refractivity contribution in [2.45, 2.75) is 153 Å². The minimum Gasteiger partial charge on any atom is -0.481 e. The van der Waals surface area contributed by atoms with Crippen LogP contribution < -0.4 is 0 Å². The second kappa shape index (κ2) is 15.9. The van der Waals surface area contributed by atoms with Gasteiger partial charge in [0.25, 0.3) is 0 Å². The lowest BCUT2D eigenvalue weighted by Gasteiger charge is -2.49. The molecule has 1 fully saturated rings. The Kier molecular flexibility index (Phi) is 14.3. The fourth-order valence-electron chi connectivity index (χ4n) is 4.75. The Balaban J connectivity index is 4.02. The normalized spacial score (nSPS) is 23.9. The van der Waals surface area contributed by atoms with E-state index in [1.165, 1.54) is 0 Å². The van der Waals surface area contributed by atoms with E-state index in [4.69, 9.17) is 23.7 Å².